The zero-order valence-electron chi connectivity index (χ0n) is 18.4. The van der Waals surface area contributed by atoms with Crippen LogP contribution in [0.5, 0.6) is 0 Å². The quantitative estimate of drug-likeness (QED) is 0.408. The van der Waals surface area contributed by atoms with E-state index < -0.39 is 33.7 Å². The highest BCUT2D eigenvalue weighted by atomic mass is 35.5. The van der Waals surface area contributed by atoms with Gasteiger partial charge in [0.1, 0.15) is 6.17 Å². The number of rotatable bonds is 6. The summed E-state index contributed by atoms with van der Waals surface area (Å²) >= 11 is 5.79. The Kier molecular flexibility index (Phi) is 7.14. The molecule has 0 fully saturated rings. The highest BCUT2D eigenvalue weighted by Gasteiger charge is 2.35. The standard InChI is InChI=1S/C23H21ClF4N2O3S/c1-13(25)10-17-12-19(22(31)29-16-5-7-18(8-6-16)34(3,32)33)14(2)30(17)21-9-4-15(24)11-20(21)23(26,27)28/h4-9,11-13H,10H2,1-3H3,(H,29,31). The van der Waals surface area contributed by atoms with E-state index in [0.717, 1.165) is 12.3 Å². The van der Waals surface area contributed by atoms with Crippen LogP contribution >= 0.6 is 11.6 Å². The first-order valence-electron chi connectivity index (χ1n) is 10.0. The molecule has 0 aliphatic carbocycles. The molecule has 34 heavy (non-hydrogen) atoms. The van der Waals surface area contributed by atoms with E-state index in [-0.39, 0.29) is 44.7 Å². The van der Waals surface area contributed by atoms with Crippen molar-refractivity contribution in [1.82, 2.24) is 4.57 Å². The highest BCUT2D eigenvalue weighted by molar-refractivity contribution is 7.90. The molecule has 0 aliphatic heterocycles. The molecule has 1 amide bonds. The molecule has 1 atom stereocenters. The van der Waals surface area contributed by atoms with Crippen LogP contribution in [0.1, 0.15) is 34.2 Å². The second kappa shape index (κ2) is 9.42. The number of carbonyl (C=O) groups excluding carboxylic acids is 1. The number of hydrogen-bond donors (Lipinski definition) is 1. The molecule has 0 saturated carbocycles. The van der Waals surface area contributed by atoms with Crippen LogP contribution in [-0.4, -0.2) is 31.3 Å². The molecule has 3 aromatic rings. The fraction of sp³-hybridized carbons (Fsp3) is 0.261. The van der Waals surface area contributed by atoms with Crippen molar-refractivity contribution in [2.45, 2.75) is 37.5 Å². The third-order valence-electron chi connectivity index (χ3n) is 5.10. The van der Waals surface area contributed by atoms with E-state index in [4.69, 9.17) is 11.6 Å². The molecule has 1 unspecified atom stereocenters. The lowest BCUT2D eigenvalue weighted by Crippen LogP contribution is -2.16. The van der Waals surface area contributed by atoms with E-state index in [1.807, 2.05) is 0 Å². The average molecular weight is 517 g/mol. The van der Waals surface area contributed by atoms with Gasteiger partial charge >= 0.3 is 6.18 Å². The number of nitrogens with one attached hydrogen (secondary N) is 1. The van der Waals surface area contributed by atoms with E-state index in [9.17, 15) is 30.8 Å². The maximum absolute atomic E-state index is 13.9. The number of anilines is 1. The third-order valence-corrected chi connectivity index (χ3v) is 6.47. The third kappa shape index (κ3) is 5.61. The van der Waals surface area contributed by atoms with Gasteiger partial charge in [-0.2, -0.15) is 13.2 Å². The number of hydrogen-bond acceptors (Lipinski definition) is 3. The molecule has 3 rings (SSSR count). The van der Waals surface area contributed by atoms with Crippen molar-refractivity contribution >= 4 is 33.0 Å². The minimum Gasteiger partial charge on any atom is -0.322 e. The molecular formula is C23H21ClF4N2O3S. The molecular weight excluding hydrogens is 496 g/mol. The summed E-state index contributed by atoms with van der Waals surface area (Å²) in [5.74, 6) is -0.640. The molecule has 0 spiro atoms. The first kappa shape index (κ1) is 25.8. The summed E-state index contributed by atoms with van der Waals surface area (Å²) in [6.07, 6.45) is -5.29. The predicted octanol–water partition coefficient (Wildman–Crippen LogP) is 6.01. The monoisotopic (exact) mass is 516 g/mol. The number of sulfone groups is 1. The molecule has 0 radical (unpaired) electrons. The largest absolute Gasteiger partial charge is 0.418 e. The van der Waals surface area contributed by atoms with Crippen molar-refractivity contribution in [3.05, 3.63) is 76.1 Å². The topological polar surface area (TPSA) is 68.2 Å². The van der Waals surface area contributed by atoms with Crippen LogP contribution in [0.15, 0.2) is 53.4 Å². The zero-order chi connectivity index (χ0) is 25.4. The number of carbonyl (C=O) groups is 1. The average Bonchev–Trinajstić information content (AvgIpc) is 3.02. The molecule has 0 saturated heterocycles. The van der Waals surface area contributed by atoms with Crippen LogP contribution < -0.4 is 5.32 Å². The lowest BCUT2D eigenvalue weighted by molar-refractivity contribution is -0.137. The maximum atomic E-state index is 13.9. The van der Waals surface area contributed by atoms with Crippen LogP contribution in [0.3, 0.4) is 0 Å². The minimum atomic E-state index is -4.74. The van der Waals surface area contributed by atoms with Gasteiger partial charge in [-0.05, 0) is 62.4 Å². The minimum absolute atomic E-state index is 0.0471. The Morgan fingerprint density at radius 1 is 1.12 bits per heavy atom. The summed E-state index contributed by atoms with van der Waals surface area (Å²) in [7, 11) is -3.42. The molecule has 0 bridgehead atoms. The van der Waals surface area contributed by atoms with Crippen molar-refractivity contribution in [2.75, 3.05) is 11.6 Å². The van der Waals surface area contributed by atoms with E-state index in [1.165, 1.54) is 60.9 Å². The molecule has 1 aromatic heterocycles. The van der Waals surface area contributed by atoms with Crippen LogP contribution in [0.25, 0.3) is 5.69 Å². The van der Waals surface area contributed by atoms with Crippen molar-refractivity contribution in [1.29, 1.82) is 0 Å². The molecule has 1 heterocycles. The van der Waals surface area contributed by atoms with Gasteiger partial charge in [0.25, 0.3) is 5.91 Å². The fourth-order valence-corrected chi connectivity index (χ4v) is 4.39. The lowest BCUT2D eigenvalue weighted by atomic mass is 10.1. The normalized spacial score (nSPS) is 13.1. The Bertz CT molecular complexity index is 1330. The highest BCUT2D eigenvalue weighted by Crippen LogP contribution is 2.37. The van der Waals surface area contributed by atoms with Gasteiger partial charge in [-0.15, -0.1) is 0 Å². The van der Waals surface area contributed by atoms with E-state index in [2.05, 4.69) is 5.32 Å². The first-order valence-corrected chi connectivity index (χ1v) is 12.3. The van der Waals surface area contributed by atoms with Crippen LogP contribution in [0.2, 0.25) is 5.02 Å². The van der Waals surface area contributed by atoms with E-state index in [1.54, 1.807) is 0 Å². The Balaban J connectivity index is 2.07. The summed E-state index contributed by atoms with van der Waals surface area (Å²) in [6, 6.07) is 10.0. The van der Waals surface area contributed by atoms with Gasteiger partial charge in [0.15, 0.2) is 9.84 Å². The van der Waals surface area contributed by atoms with Crippen LogP contribution in [0, 0.1) is 6.92 Å². The van der Waals surface area contributed by atoms with Crippen molar-refractivity contribution in [2.24, 2.45) is 0 Å². The number of alkyl halides is 4. The van der Waals surface area contributed by atoms with Crippen molar-refractivity contribution < 1.29 is 30.8 Å². The van der Waals surface area contributed by atoms with Crippen molar-refractivity contribution in [3.63, 3.8) is 0 Å². The molecule has 1 N–H and O–H groups in total. The zero-order valence-corrected chi connectivity index (χ0v) is 19.9. The van der Waals surface area contributed by atoms with Gasteiger partial charge in [0.2, 0.25) is 0 Å². The van der Waals surface area contributed by atoms with Gasteiger partial charge in [-0.25, -0.2) is 12.8 Å². The summed E-state index contributed by atoms with van der Waals surface area (Å²) in [5.41, 5.74) is -0.610. The summed E-state index contributed by atoms with van der Waals surface area (Å²) in [5, 5.41) is 2.48. The van der Waals surface area contributed by atoms with Gasteiger partial charge in [-0.1, -0.05) is 11.6 Å². The molecule has 11 heteroatoms. The Morgan fingerprint density at radius 2 is 1.74 bits per heavy atom. The van der Waals surface area contributed by atoms with Gasteiger partial charge in [0, 0.05) is 34.8 Å². The predicted molar refractivity (Wildman–Crippen MR) is 122 cm³/mol. The second-order valence-corrected chi connectivity index (χ2v) is 10.3. The first-order chi connectivity index (χ1) is 15.7. The fourth-order valence-electron chi connectivity index (χ4n) is 3.59. The molecule has 2 aromatic carbocycles. The Hall–Kier alpha value is -2.85. The maximum Gasteiger partial charge on any atom is 0.418 e. The van der Waals surface area contributed by atoms with E-state index >= 15 is 0 Å². The summed E-state index contributed by atoms with van der Waals surface area (Å²) in [6.45, 7) is 2.73. The summed E-state index contributed by atoms with van der Waals surface area (Å²) in [4.78, 5) is 13.0. The Morgan fingerprint density at radius 3 is 2.26 bits per heavy atom. The SMILES string of the molecule is Cc1c(C(=O)Nc2ccc(S(C)(=O)=O)cc2)cc(CC(C)F)n1-c1ccc(Cl)cc1C(F)(F)F. The number of amides is 1. The number of nitrogens with zero attached hydrogens (tertiary/aromatic N) is 1. The Labute approximate surface area is 199 Å². The van der Waals surface area contributed by atoms with Gasteiger partial charge < -0.3 is 9.88 Å². The van der Waals surface area contributed by atoms with Crippen LogP contribution in [-0.2, 0) is 22.4 Å². The van der Waals surface area contributed by atoms with Gasteiger partial charge in [-0.3, -0.25) is 4.79 Å². The number of benzene rings is 2. The number of halogens is 5. The molecule has 0 aliphatic rings. The molecule has 182 valence electrons. The smallest absolute Gasteiger partial charge is 0.322 e. The molecule has 5 nitrogen and oxygen atoms in total. The van der Waals surface area contributed by atoms with E-state index in [0.29, 0.717) is 0 Å². The van der Waals surface area contributed by atoms with Crippen LogP contribution in [0.4, 0.5) is 23.2 Å². The second-order valence-electron chi connectivity index (χ2n) is 7.86. The van der Waals surface area contributed by atoms with Gasteiger partial charge in [0.05, 0.1) is 21.7 Å². The summed E-state index contributed by atoms with van der Waals surface area (Å²) < 4.78 is 79.5. The lowest BCUT2D eigenvalue weighted by Gasteiger charge is -2.18. The number of aromatic nitrogens is 1. The van der Waals surface area contributed by atoms with Crippen molar-refractivity contribution in [3.8, 4) is 5.69 Å².